The topological polar surface area (TPSA) is 63.1 Å². The third-order valence-electron chi connectivity index (χ3n) is 2.95. The van der Waals surface area contributed by atoms with Crippen LogP contribution in [0.2, 0.25) is 0 Å². The number of aromatic nitrogens is 2. The molecule has 0 atom stereocenters. The number of thiophene rings is 1. The van der Waals surface area contributed by atoms with Gasteiger partial charge in [-0.1, -0.05) is 6.92 Å². The monoisotopic (exact) mass is 248 g/mol. The molecule has 0 amide bonds. The van der Waals surface area contributed by atoms with Gasteiger partial charge in [-0.25, -0.2) is 14.8 Å². The molecule has 0 radical (unpaired) electrons. The lowest BCUT2D eigenvalue weighted by molar-refractivity contribution is 0.0692. The van der Waals surface area contributed by atoms with Crippen molar-refractivity contribution in [3.63, 3.8) is 0 Å². The van der Waals surface area contributed by atoms with Gasteiger partial charge in [-0.05, 0) is 25.3 Å². The Morgan fingerprint density at radius 1 is 1.53 bits per heavy atom. The molecule has 0 aromatic carbocycles. The number of carboxylic acids is 1. The van der Waals surface area contributed by atoms with Crippen LogP contribution in [0.3, 0.4) is 0 Å². The van der Waals surface area contributed by atoms with Crippen LogP contribution in [0.4, 0.5) is 0 Å². The highest BCUT2D eigenvalue weighted by Crippen LogP contribution is 2.39. The summed E-state index contributed by atoms with van der Waals surface area (Å²) < 4.78 is 0. The van der Waals surface area contributed by atoms with Crippen molar-refractivity contribution in [2.45, 2.75) is 32.1 Å². The number of aryl methyl sites for hydroxylation is 1. The molecular formula is C12H12N2O2S. The van der Waals surface area contributed by atoms with Crippen molar-refractivity contribution in [3.8, 4) is 0 Å². The van der Waals surface area contributed by atoms with Crippen LogP contribution in [0.25, 0.3) is 10.2 Å². The second-order valence-corrected chi connectivity index (χ2v) is 5.41. The smallest absolute Gasteiger partial charge is 0.355 e. The summed E-state index contributed by atoms with van der Waals surface area (Å²) >= 11 is 1.57. The van der Waals surface area contributed by atoms with Crippen molar-refractivity contribution < 1.29 is 9.90 Å². The zero-order chi connectivity index (χ0) is 12.0. The molecule has 0 unspecified atom stereocenters. The van der Waals surface area contributed by atoms with Gasteiger partial charge in [-0.3, -0.25) is 0 Å². The summed E-state index contributed by atoms with van der Waals surface area (Å²) in [6.07, 6.45) is 3.06. The van der Waals surface area contributed by atoms with Crippen LogP contribution < -0.4 is 0 Å². The number of hydrogen-bond donors (Lipinski definition) is 1. The van der Waals surface area contributed by atoms with Crippen LogP contribution in [0, 0.1) is 0 Å². The molecule has 0 saturated heterocycles. The Bertz CT molecular complexity index is 602. The molecule has 1 saturated carbocycles. The first-order chi connectivity index (χ1) is 8.19. The fraction of sp³-hybridized carbons (Fsp3) is 0.417. The lowest BCUT2D eigenvalue weighted by Gasteiger charge is -2.00. The maximum atomic E-state index is 11.2. The van der Waals surface area contributed by atoms with Crippen LogP contribution in [0.15, 0.2) is 6.07 Å². The van der Waals surface area contributed by atoms with Crippen LogP contribution >= 0.6 is 11.3 Å². The van der Waals surface area contributed by atoms with E-state index in [1.807, 2.05) is 6.07 Å². The highest BCUT2D eigenvalue weighted by Gasteiger charge is 2.29. The first-order valence-corrected chi connectivity index (χ1v) is 6.54. The average Bonchev–Trinajstić information content (AvgIpc) is 3.07. The Kier molecular flexibility index (Phi) is 2.36. The maximum absolute atomic E-state index is 11.2. The number of carbonyl (C=O) groups is 1. The number of hydrogen-bond acceptors (Lipinski definition) is 4. The van der Waals surface area contributed by atoms with E-state index in [1.54, 1.807) is 11.3 Å². The second kappa shape index (κ2) is 3.77. The van der Waals surface area contributed by atoms with Crippen LogP contribution in [-0.4, -0.2) is 21.0 Å². The first kappa shape index (κ1) is 10.7. The molecule has 2 heterocycles. The van der Waals surface area contributed by atoms with Crippen LogP contribution in [0.5, 0.6) is 0 Å². The standard InChI is InChI=1S/C12H12N2O2S/c1-2-7-5-8-9(12(15)16)13-10(6-3-4-6)14-11(8)17-7/h5-6H,2-4H2,1H3,(H,15,16). The van der Waals surface area contributed by atoms with Crippen molar-refractivity contribution in [2.75, 3.05) is 0 Å². The van der Waals surface area contributed by atoms with Crippen molar-refractivity contribution >= 4 is 27.5 Å². The summed E-state index contributed by atoms with van der Waals surface area (Å²) in [6, 6.07) is 1.90. The van der Waals surface area contributed by atoms with Crippen molar-refractivity contribution in [1.29, 1.82) is 0 Å². The Balaban J connectivity index is 2.25. The highest BCUT2D eigenvalue weighted by molar-refractivity contribution is 7.18. The summed E-state index contributed by atoms with van der Waals surface area (Å²) in [5.74, 6) is 0.129. The number of aromatic carboxylic acids is 1. The van der Waals surface area contributed by atoms with Gasteiger partial charge in [0.05, 0.1) is 0 Å². The number of rotatable bonds is 3. The lowest BCUT2D eigenvalue weighted by Crippen LogP contribution is -2.05. The number of nitrogens with zero attached hydrogens (tertiary/aromatic N) is 2. The molecule has 1 aliphatic carbocycles. The normalized spacial score (nSPS) is 15.4. The summed E-state index contributed by atoms with van der Waals surface area (Å²) in [5, 5.41) is 9.89. The minimum Gasteiger partial charge on any atom is -0.476 e. The summed E-state index contributed by atoms with van der Waals surface area (Å²) in [5.41, 5.74) is 0.160. The van der Waals surface area contributed by atoms with Gasteiger partial charge in [0.1, 0.15) is 10.7 Å². The molecule has 3 rings (SSSR count). The molecule has 0 aliphatic heterocycles. The molecule has 2 aromatic heterocycles. The number of fused-ring (bicyclic) bond motifs is 1. The predicted molar refractivity (Wildman–Crippen MR) is 65.7 cm³/mol. The zero-order valence-electron chi connectivity index (χ0n) is 9.43. The van der Waals surface area contributed by atoms with E-state index in [4.69, 9.17) is 0 Å². The largest absolute Gasteiger partial charge is 0.476 e. The molecule has 1 fully saturated rings. The lowest BCUT2D eigenvalue weighted by atomic mass is 10.2. The summed E-state index contributed by atoms with van der Waals surface area (Å²) in [7, 11) is 0. The molecule has 5 heteroatoms. The fourth-order valence-corrected chi connectivity index (χ4v) is 2.82. The van der Waals surface area contributed by atoms with Crippen molar-refractivity contribution in [2.24, 2.45) is 0 Å². The number of carboxylic acid groups (broad SMARTS) is 1. The van der Waals surface area contributed by atoms with Gasteiger partial charge < -0.3 is 5.11 Å². The maximum Gasteiger partial charge on any atom is 0.355 e. The minimum atomic E-state index is -0.959. The quantitative estimate of drug-likeness (QED) is 0.907. The van der Waals surface area contributed by atoms with E-state index in [2.05, 4.69) is 16.9 Å². The van der Waals surface area contributed by atoms with E-state index in [-0.39, 0.29) is 5.69 Å². The Morgan fingerprint density at radius 3 is 2.88 bits per heavy atom. The third-order valence-corrected chi connectivity index (χ3v) is 4.13. The molecule has 1 aliphatic rings. The van der Waals surface area contributed by atoms with Crippen LogP contribution in [-0.2, 0) is 6.42 Å². The molecule has 2 aromatic rings. The molecule has 88 valence electrons. The van der Waals surface area contributed by atoms with Crippen molar-refractivity contribution in [3.05, 3.63) is 22.5 Å². The van der Waals surface area contributed by atoms with E-state index in [1.165, 1.54) is 0 Å². The average molecular weight is 248 g/mol. The van der Waals surface area contributed by atoms with E-state index >= 15 is 0 Å². The molecule has 1 N–H and O–H groups in total. The fourth-order valence-electron chi connectivity index (χ4n) is 1.85. The van der Waals surface area contributed by atoms with E-state index in [9.17, 15) is 9.90 Å². The third kappa shape index (κ3) is 1.80. The minimum absolute atomic E-state index is 0.160. The molecule has 0 bridgehead atoms. The summed E-state index contributed by atoms with van der Waals surface area (Å²) in [6.45, 7) is 2.06. The van der Waals surface area contributed by atoms with E-state index in [0.717, 1.165) is 29.0 Å². The Labute approximate surface area is 102 Å². The van der Waals surface area contributed by atoms with E-state index in [0.29, 0.717) is 17.1 Å². The molecule has 0 spiro atoms. The van der Waals surface area contributed by atoms with Gasteiger partial charge in [0.25, 0.3) is 0 Å². The second-order valence-electron chi connectivity index (χ2n) is 4.29. The van der Waals surface area contributed by atoms with Gasteiger partial charge in [0.2, 0.25) is 0 Å². The van der Waals surface area contributed by atoms with Gasteiger partial charge in [-0.2, -0.15) is 0 Å². The molecule has 17 heavy (non-hydrogen) atoms. The van der Waals surface area contributed by atoms with Gasteiger partial charge in [-0.15, -0.1) is 11.3 Å². The van der Waals surface area contributed by atoms with E-state index < -0.39 is 5.97 Å². The highest BCUT2D eigenvalue weighted by atomic mass is 32.1. The Morgan fingerprint density at radius 2 is 2.29 bits per heavy atom. The van der Waals surface area contributed by atoms with Gasteiger partial charge in [0.15, 0.2) is 5.69 Å². The van der Waals surface area contributed by atoms with Gasteiger partial charge >= 0.3 is 5.97 Å². The predicted octanol–water partition coefficient (Wildman–Crippen LogP) is 2.83. The van der Waals surface area contributed by atoms with Crippen molar-refractivity contribution in [1.82, 2.24) is 9.97 Å². The Hall–Kier alpha value is -1.49. The summed E-state index contributed by atoms with van der Waals surface area (Å²) in [4.78, 5) is 21.9. The zero-order valence-corrected chi connectivity index (χ0v) is 10.3. The molecule has 4 nitrogen and oxygen atoms in total. The molecular weight excluding hydrogens is 236 g/mol. The van der Waals surface area contributed by atoms with Crippen LogP contribution in [0.1, 0.15) is 46.9 Å². The van der Waals surface area contributed by atoms with Gasteiger partial charge in [0, 0.05) is 16.2 Å². The first-order valence-electron chi connectivity index (χ1n) is 5.72. The SMILES string of the molecule is CCc1cc2c(C(=O)O)nc(C3CC3)nc2s1.